The lowest BCUT2D eigenvalue weighted by Crippen LogP contribution is -2.43. The quantitative estimate of drug-likeness (QED) is 0.697. The van der Waals surface area contributed by atoms with Gasteiger partial charge in [0.1, 0.15) is 5.78 Å². The minimum atomic E-state index is -0.228. The van der Waals surface area contributed by atoms with Crippen molar-refractivity contribution in [2.45, 2.75) is 26.2 Å². The highest BCUT2D eigenvalue weighted by Gasteiger charge is 2.47. The van der Waals surface area contributed by atoms with E-state index in [1.807, 2.05) is 38.1 Å². The van der Waals surface area contributed by atoms with Crippen LogP contribution in [0.15, 0.2) is 24.3 Å². The lowest BCUT2D eigenvalue weighted by atomic mass is 9.59. The summed E-state index contributed by atoms with van der Waals surface area (Å²) >= 11 is 0. The van der Waals surface area contributed by atoms with E-state index in [1.165, 1.54) is 5.56 Å². The molecule has 0 heterocycles. The van der Waals surface area contributed by atoms with Gasteiger partial charge in [-0.2, -0.15) is 5.26 Å². The van der Waals surface area contributed by atoms with Gasteiger partial charge in [0.05, 0.1) is 11.6 Å². The molecule has 1 aromatic carbocycles. The monoisotopic (exact) mass is 199 g/mol. The number of ketones is 1. The molecule has 0 aliphatic heterocycles. The van der Waals surface area contributed by atoms with E-state index in [4.69, 9.17) is 5.26 Å². The third-order valence-corrected chi connectivity index (χ3v) is 3.42. The number of rotatable bonds is 1. The van der Waals surface area contributed by atoms with Gasteiger partial charge in [-0.1, -0.05) is 26.0 Å². The Morgan fingerprint density at radius 3 is 2.33 bits per heavy atom. The molecule has 0 radical (unpaired) electrons. The summed E-state index contributed by atoms with van der Waals surface area (Å²) in [6.45, 7) is 3.98. The second-order valence-electron chi connectivity index (χ2n) is 4.64. The van der Waals surface area contributed by atoms with E-state index in [0.717, 1.165) is 0 Å². The Morgan fingerprint density at radius 1 is 1.33 bits per heavy atom. The summed E-state index contributed by atoms with van der Waals surface area (Å²) in [5.41, 5.74) is 1.61. The molecule has 1 aliphatic rings. The largest absolute Gasteiger partial charge is 0.299 e. The van der Waals surface area contributed by atoms with Crippen molar-refractivity contribution in [2.24, 2.45) is 5.41 Å². The summed E-state index contributed by atoms with van der Waals surface area (Å²) in [4.78, 5) is 11.4. The lowest BCUT2D eigenvalue weighted by Gasteiger charge is -2.42. The average molecular weight is 199 g/mol. The van der Waals surface area contributed by atoms with Gasteiger partial charge in [0, 0.05) is 17.8 Å². The molecule has 1 unspecified atom stereocenters. The molecule has 0 spiro atoms. The van der Waals surface area contributed by atoms with Crippen LogP contribution >= 0.6 is 0 Å². The van der Waals surface area contributed by atoms with Gasteiger partial charge in [0.2, 0.25) is 0 Å². The molecule has 1 aliphatic carbocycles. The molecule has 0 aromatic heterocycles. The first-order valence-electron chi connectivity index (χ1n) is 5.09. The molecule has 2 nitrogen and oxygen atoms in total. The second kappa shape index (κ2) is 3.20. The average Bonchev–Trinajstić information content (AvgIpc) is 2.26. The standard InChI is InChI=1S/C13H13NO/c1-13(2)11(7-12(13)15)10-5-3-9(8-14)4-6-10/h3-6,11H,7H2,1-2H3. The molecule has 0 N–H and O–H groups in total. The number of carbonyl (C=O) groups excluding carboxylic acids is 1. The maximum Gasteiger partial charge on any atom is 0.139 e. The van der Waals surface area contributed by atoms with E-state index in [0.29, 0.717) is 23.7 Å². The number of hydrogen-bond donors (Lipinski definition) is 0. The van der Waals surface area contributed by atoms with Gasteiger partial charge in [0.25, 0.3) is 0 Å². The van der Waals surface area contributed by atoms with Crippen molar-refractivity contribution in [3.8, 4) is 6.07 Å². The third kappa shape index (κ3) is 1.45. The molecule has 1 aromatic rings. The first-order valence-corrected chi connectivity index (χ1v) is 5.09. The van der Waals surface area contributed by atoms with Gasteiger partial charge < -0.3 is 0 Å². The molecular formula is C13H13NO. The maximum absolute atomic E-state index is 11.4. The van der Waals surface area contributed by atoms with Crippen LogP contribution in [0.3, 0.4) is 0 Å². The Bertz CT molecular complexity index is 437. The summed E-state index contributed by atoms with van der Waals surface area (Å²) in [6.07, 6.45) is 0.638. The Hall–Kier alpha value is -1.62. The predicted molar refractivity (Wildman–Crippen MR) is 57.3 cm³/mol. The number of Topliss-reactive ketones (excluding diaryl/α,β-unsaturated/α-hetero) is 1. The summed E-state index contributed by atoms with van der Waals surface area (Å²) in [7, 11) is 0. The fourth-order valence-electron chi connectivity index (χ4n) is 2.09. The van der Waals surface area contributed by atoms with Crippen molar-refractivity contribution < 1.29 is 4.79 Å². The van der Waals surface area contributed by atoms with Crippen LogP contribution in [0.2, 0.25) is 0 Å². The van der Waals surface area contributed by atoms with Crippen LogP contribution in [0, 0.1) is 16.7 Å². The molecule has 0 bridgehead atoms. The summed E-state index contributed by atoms with van der Waals surface area (Å²) in [5, 5.41) is 8.68. The molecule has 1 atom stereocenters. The first-order chi connectivity index (χ1) is 7.05. The van der Waals surface area contributed by atoms with Crippen molar-refractivity contribution >= 4 is 5.78 Å². The van der Waals surface area contributed by atoms with E-state index < -0.39 is 0 Å². The van der Waals surface area contributed by atoms with E-state index >= 15 is 0 Å². The first kappa shape index (κ1) is 9.92. The molecule has 76 valence electrons. The fraction of sp³-hybridized carbons (Fsp3) is 0.385. The molecule has 1 fully saturated rings. The minimum absolute atomic E-state index is 0.228. The van der Waals surface area contributed by atoms with Gasteiger partial charge in [-0.05, 0) is 17.7 Å². The number of nitriles is 1. The molecule has 0 amide bonds. The fourth-order valence-corrected chi connectivity index (χ4v) is 2.09. The van der Waals surface area contributed by atoms with Crippen LogP contribution < -0.4 is 0 Å². The highest BCUT2D eigenvalue weighted by Crippen LogP contribution is 2.49. The molecule has 15 heavy (non-hydrogen) atoms. The predicted octanol–water partition coefficient (Wildman–Crippen LogP) is 2.64. The summed E-state index contributed by atoms with van der Waals surface area (Å²) in [5.74, 6) is 0.648. The second-order valence-corrected chi connectivity index (χ2v) is 4.64. The zero-order valence-electron chi connectivity index (χ0n) is 8.95. The molecule has 2 rings (SSSR count). The van der Waals surface area contributed by atoms with Crippen molar-refractivity contribution in [1.29, 1.82) is 5.26 Å². The zero-order valence-corrected chi connectivity index (χ0v) is 8.95. The van der Waals surface area contributed by atoms with E-state index in [9.17, 15) is 4.79 Å². The van der Waals surface area contributed by atoms with E-state index in [-0.39, 0.29) is 5.41 Å². The van der Waals surface area contributed by atoms with Crippen molar-refractivity contribution in [3.63, 3.8) is 0 Å². The number of carbonyl (C=O) groups is 1. The van der Waals surface area contributed by atoms with Crippen LogP contribution in [-0.4, -0.2) is 5.78 Å². The number of benzene rings is 1. The van der Waals surface area contributed by atoms with E-state index in [2.05, 4.69) is 6.07 Å². The van der Waals surface area contributed by atoms with Crippen molar-refractivity contribution in [3.05, 3.63) is 35.4 Å². The minimum Gasteiger partial charge on any atom is -0.299 e. The summed E-state index contributed by atoms with van der Waals surface area (Å²) in [6, 6.07) is 9.63. The van der Waals surface area contributed by atoms with Crippen LogP contribution in [0.4, 0.5) is 0 Å². The van der Waals surface area contributed by atoms with Crippen molar-refractivity contribution in [2.75, 3.05) is 0 Å². The molecule has 1 saturated carbocycles. The van der Waals surface area contributed by atoms with Crippen LogP contribution in [0.25, 0.3) is 0 Å². The highest BCUT2D eigenvalue weighted by atomic mass is 16.1. The Morgan fingerprint density at radius 2 is 1.93 bits per heavy atom. The van der Waals surface area contributed by atoms with Crippen LogP contribution in [-0.2, 0) is 4.79 Å². The van der Waals surface area contributed by atoms with Gasteiger partial charge in [-0.3, -0.25) is 4.79 Å². The van der Waals surface area contributed by atoms with E-state index in [1.54, 1.807) is 0 Å². The maximum atomic E-state index is 11.4. The zero-order chi connectivity index (χ0) is 11.1. The van der Waals surface area contributed by atoms with Crippen molar-refractivity contribution in [1.82, 2.24) is 0 Å². The summed E-state index contributed by atoms with van der Waals surface area (Å²) < 4.78 is 0. The van der Waals surface area contributed by atoms with Crippen LogP contribution in [0.1, 0.15) is 37.3 Å². The number of nitrogens with zero attached hydrogens (tertiary/aromatic N) is 1. The van der Waals surface area contributed by atoms with Gasteiger partial charge in [-0.25, -0.2) is 0 Å². The molecule has 2 heteroatoms. The van der Waals surface area contributed by atoms with Crippen LogP contribution in [0.5, 0.6) is 0 Å². The SMILES string of the molecule is CC1(C)C(=O)CC1c1ccc(C#N)cc1. The highest BCUT2D eigenvalue weighted by molar-refractivity contribution is 5.92. The Kier molecular flexibility index (Phi) is 2.12. The van der Waals surface area contributed by atoms with Gasteiger partial charge in [-0.15, -0.1) is 0 Å². The molecule has 0 saturated heterocycles. The van der Waals surface area contributed by atoms with Gasteiger partial charge >= 0.3 is 0 Å². The normalized spacial score (nSPS) is 23.0. The topological polar surface area (TPSA) is 40.9 Å². The number of hydrogen-bond acceptors (Lipinski definition) is 2. The third-order valence-electron chi connectivity index (χ3n) is 3.42. The lowest BCUT2D eigenvalue weighted by molar-refractivity contribution is -0.137. The van der Waals surface area contributed by atoms with Gasteiger partial charge in [0.15, 0.2) is 0 Å². The Labute approximate surface area is 89.5 Å². The smallest absolute Gasteiger partial charge is 0.139 e. The molecular weight excluding hydrogens is 186 g/mol. The Balaban J connectivity index is 2.26.